The summed E-state index contributed by atoms with van der Waals surface area (Å²) < 4.78 is 14.7. The van der Waals surface area contributed by atoms with E-state index < -0.39 is 11.6 Å². The van der Waals surface area contributed by atoms with Gasteiger partial charge in [0.05, 0.1) is 29.4 Å². The summed E-state index contributed by atoms with van der Waals surface area (Å²) in [6.07, 6.45) is 4.68. The molecule has 1 saturated heterocycles. The lowest BCUT2D eigenvalue weighted by Gasteiger charge is -2.41. The molecular weight excluding hydrogens is 604 g/mol. The second-order valence-corrected chi connectivity index (χ2v) is 13.8. The molecule has 3 aliphatic rings. The molecule has 9 nitrogen and oxygen atoms in total. The van der Waals surface area contributed by atoms with Crippen LogP contribution >= 0.6 is 0 Å². The predicted molar refractivity (Wildman–Crippen MR) is 193 cm³/mol. The van der Waals surface area contributed by atoms with Gasteiger partial charge in [0.15, 0.2) is 5.65 Å². The Kier molecular flexibility index (Phi) is 12.3. The van der Waals surface area contributed by atoms with Crippen LogP contribution in [0.15, 0.2) is 54.6 Å². The average molecular weight is 659 g/mol. The number of rotatable bonds is 2. The number of nitrogens with zero attached hydrogens (tertiary/aromatic N) is 4. The number of carbonyl (C=O) groups is 1. The highest BCUT2D eigenvalue weighted by molar-refractivity contribution is 5.78. The summed E-state index contributed by atoms with van der Waals surface area (Å²) in [5.74, 6) is 0.812. The van der Waals surface area contributed by atoms with E-state index in [0.717, 1.165) is 91.4 Å². The molecule has 1 unspecified atom stereocenters. The quantitative estimate of drug-likeness (QED) is 0.222. The molecule has 5 heterocycles. The lowest BCUT2D eigenvalue weighted by Crippen LogP contribution is -2.45. The van der Waals surface area contributed by atoms with Crippen molar-refractivity contribution < 1.29 is 24.5 Å². The number of aliphatic hydroxyl groups is 1. The van der Waals surface area contributed by atoms with Crippen molar-refractivity contribution in [3.05, 3.63) is 65.9 Å². The zero-order valence-corrected chi connectivity index (χ0v) is 30.0. The van der Waals surface area contributed by atoms with Gasteiger partial charge in [-0.1, -0.05) is 50.2 Å². The number of carboxylic acids is 1. The SMILES string of the molecule is CC.CC(C)(C)O.Cc1nc2cc3nn2c(c1CC(=O)O)N1CCC(C)(CC1)OCCCCC(C)Oc1ccccc1-c1cccc-3c1. The molecule has 0 amide bonds. The van der Waals surface area contributed by atoms with Crippen LogP contribution in [0.5, 0.6) is 5.75 Å². The van der Waals surface area contributed by atoms with Gasteiger partial charge in [-0.25, -0.2) is 4.98 Å². The Bertz CT molecular complexity index is 1660. The standard InChI is InChI=1S/C33H38N4O4.C4H10O.C2H6/c1-22-9-6-7-18-40-33(3)14-16-36(17-15-33)32-27(20-31(38)39)23(2)34-30-21-28(35-37(30)32)25-11-8-10-24(19-25)26-12-4-5-13-29(26)41-22;1-4(2,3)5;1-2/h4-5,8,10-13,19,21-22H,6-7,9,14-18,20H2,1-3H3,(H,38,39);5H,1-3H3;1-2H3. The van der Waals surface area contributed by atoms with E-state index in [1.165, 1.54) is 0 Å². The van der Waals surface area contributed by atoms with Crippen LogP contribution in [0.2, 0.25) is 0 Å². The van der Waals surface area contributed by atoms with Crippen molar-refractivity contribution in [2.45, 2.75) is 111 Å². The van der Waals surface area contributed by atoms with Crippen LogP contribution < -0.4 is 9.64 Å². The smallest absolute Gasteiger partial charge is 0.308 e. The van der Waals surface area contributed by atoms with E-state index in [9.17, 15) is 9.90 Å². The van der Waals surface area contributed by atoms with Gasteiger partial charge in [0.1, 0.15) is 11.6 Å². The van der Waals surface area contributed by atoms with Gasteiger partial charge < -0.3 is 24.6 Å². The molecule has 0 saturated carbocycles. The zero-order chi connectivity index (χ0) is 35.1. The van der Waals surface area contributed by atoms with E-state index in [0.29, 0.717) is 11.2 Å². The second-order valence-electron chi connectivity index (χ2n) is 13.8. The number of fused-ring (bicyclic) bond motifs is 8. The Morgan fingerprint density at radius 3 is 2.38 bits per heavy atom. The summed E-state index contributed by atoms with van der Waals surface area (Å²) in [6, 6.07) is 18.5. The first-order chi connectivity index (χ1) is 22.8. The lowest BCUT2D eigenvalue weighted by molar-refractivity contribution is -0.136. The molecule has 2 aromatic carbocycles. The van der Waals surface area contributed by atoms with Gasteiger partial charge in [0.2, 0.25) is 0 Å². The monoisotopic (exact) mass is 658 g/mol. The number of aromatic nitrogens is 3. The zero-order valence-electron chi connectivity index (χ0n) is 30.0. The third-order valence-electron chi connectivity index (χ3n) is 8.47. The molecule has 0 spiro atoms. The molecule has 2 aromatic heterocycles. The number of anilines is 1. The van der Waals surface area contributed by atoms with Crippen molar-refractivity contribution in [1.82, 2.24) is 14.6 Å². The van der Waals surface area contributed by atoms with Crippen LogP contribution in [0.3, 0.4) is 0 Å². The van der Waals surface area contributed by atoms with Gasteiger partial charge >= 0.3 is 5.97 Å². The molecule has 0 radical (unpaired) electrons. The van der Waals surface area contributed by atoms with Gasteiger partial charge in [0, 0.05) is 48.1 Å². The normalized spacial score (nSPS) is 19.7. The summed E-state index contributed by atoms with van der Waals surface area (Å²) in [5.41, 5.74) is 5.28. The molecule has 48 heavy (non-hydrogen) atoms. The number of aryl methyl sites for hydroxylation is 1. The minimum Gasteiger partial charge on any atom is -0.490 e. The van der Waals surface area contributed by atoms with E-state index >= 15 is 0 Å². The Labute approximate surface area is 285 Å². The second kappa shape index (κ2) is 16.0. The summed E-state index contributed by atoms with van der Waals surface area (Å²) in [6.45, 7) is 17.7. The highest BCUT2D eigenvalue weighted by Gasteiger charge is 2.33. The highest BCUT2D eigenvalue weighted by Crippen LogP contribution is 2.36. The van der Waals surface area contributed by atoms with Gasteiger partial charge in [-0.3, -0.25) is 4.79 Å². The topological polar surface area (TPSA) is 109 Å². The molecule has 7 rings (SSSR count). The highest BCUT2D eigenvalue weighted by atomic mass is 16.5. The van der Waals surface area contributed by atoms with Crippen molar-refractivity contribution in [3.8, 4) is 28.1 Å². The predicted octanol–water partition coefficient (Wildman–Crippen LogP) is 8.13. The fourth-order valence-electron chi connectivity index (χ4n) is 6.08. The number of benzene rings is 2. The summed E-state index contributed by atoms with van der Waals surface area (Å²) in [7, 11) is 0. The first kappa shape index (κ1) is 36.9. The number of carboxylic acid groups (broad SMARTS) is 1. The summed E-state index contributed by atoms with van der Waals surface area (Å²) in [4.78, 5) is 19.0. The van der Waals surface area contributed by atoms with E-state index in [-0.39, 0.29) is 18.1 Å². The largest absolute Gasteiger partial charge is 0.490 e. The van der Waals surface area contributed by atoms with Crippen molar-refractivity contribution in [2.75, 3.05) is 24.6 Å². The molecule has 9 heteroatoms. The van der Waals surface area contributed by atoms with Gasteiger partial charge in [-0.05, 0) is 91.3 Å². The van der Waals surface area contributed by atoms with E-state index in [1.54, 1.807) is 20.8 Å². The third-order valence-corrected chi connectivity index (χ3v) is 8.47. The van der Waals surface area contributed by atoms with Gasteiger partial charge in [-0.15, -0.1) is 0 Å². The first-order valence-electron chi connectivity index (χ1n) is 17.4. The molecule has 6 bridgehead atoms. The third kappa shape index (κ3) is 9.57. The van der Waals surface area contributed by atoms with Crippen molar-refractivity contribution in [3.63, 3.8) is 0 Å². The minimum absolute atomic E-state index is 0.0925. The van der Waals surface area contributed by atoms with E-state index in [1.807, 2.05) is 55.6 Å². The number of piperidine rings is 1. The molecule has 260 valence electrons. The number of aliphatic carboxylic acids is 1. The Hall–Kier alpha value is -3.95. The minimum atomic E-state index is -0.877. The molecular formula is C39H54N4O5. The first-order valence-corrected chi connectivity index (χ1v) is 17.4. The maximum absolute atomic E-state index is 11.9. The van der Waals surface area contributed by atoms with Crippen LogP contribution in [0.4, 0.5) is 5.82 Å². The molecule has 0 aliphatic carbocycles. The van der Waals surface area contributed by atoms with Gasteiger partial charge in [0.25, 0.3) is 0 Å². The molecule has 4 aromatic rings. The Morgan fingerprint density at radius 2 is 1.69 bits per heavy atom. The van der Waals surface area contributed by atoms with Crippen LogP contribution in [-0.2, 0) is 16.0 Å². The molecule has 2 N–H and O–H groups in total. The average Bonchev–Trinajstić information content (AvgIpc) is 3.45. The molecule has 1 fully saturated rings. The fourth-order valence-corrected chi connectivity index (χ4v) is 6.08. The van der Waals surface area contributed by atoms with Crippen molar-refractivity contribution in [2.24, 2.45) is 0 Å². The number of para-hydroxylation sites is 1. The van der Waals surface area contributed by atoms with Crippen LogP contribution in [0.1, 0.15) is 91.8 Å². The van der Waals surface area contributed by atoms with Crippen molar-refractivity contribution >= 4 is 17.4 Å². The maximum Gasteiger partial charge on any atom is 0.308 e. The number of hydrogen-bond donors (Lipinski definition) is 2. The number of hydrogen-bond acceptors (Lipinski definition) is 7. The van der Waals surface area contributed by atoms with E-state index in [2.05, 4.69) is 43.0 Å². The van der Waals surface area contributed by atoms with E-state index in [4.69, 9.17) is 24.7 Å². The van der Waals surface area contributed by atoms with Crippen LogP contribution in [-0.4, -0.2) is 67.8 Å². The fraction of sp³-hybridized carbons (Fsp3) is 0.513. The van der Waals surface area contributed by atoms with Crippen LogP contribution in [0, 0.1) is 6.92 Å². The summed E-state index contributed by atoms with van der Waals surface area (Å²) >= 11 is 0. The molecule has 1 atom stereocenters. The maximum atomic E-state index is 11.9. The van der Waals surface area contributed by atoms with Crippen molar-refractivity contribution in [1.29, 1.82) is 0 Å². The summed E-state index contributed by atoms with van der Waals surface area (Å²) in [5, 5.41) is 23.3. The molecule has 3 aliphatic heterocycles. The van der Waals surface area contributed by atoms with Crippen LogP contribution in [0.25, 0.3) is 28.0 Å². The number of ether oxygens (including phenoxy) is 2. The lowest BCUT2D eigenvalue weighted by atomic mass is 9.92. The Balaban J connectivity index is 0.000000682. The van der Waals surface area contributed by atoms with Gasteiger partial charge in [-0.2, -0.15) is 9.61 Å². The Morgan fingerprint density at radius 1 is 1.02 bits per heavy atom.